The Bertz CT molecular complexity index is 499. The van der Waals surface area contributed by atoms with Gasteiger partial charge in [0.1, 0.15) is 5.01 Å². The van der Waals surface area contributed by atoms with E-state index in [4.69, 9.17) is 4.98 Å². The van der Waals surface area contributed by atoms with Crippen LogP contribution in [0.2, 0.25) is 0 Å². The zero-order valence-electron chi connectivity index (χ0n) is 10.4. The third kappa shape index (κ3) is 1.98. The Labute approximate surface area is 106 Å². The molecule has 3 heteroatoms. The molecule has 1 fully saturated rings. The van der Waals surface area contributed by atoms with Gasteiger partial charge in [0.2, 0.25) is 0 Å². The molecule has 1 saturated heterocycles. The number of aryl methyl sites for hydroxylation is 2. The summed E-state index contributed by atoms with van der Waals surface area (Å²) in [7, 11) is 0. The Morgan fingerprint density at radius 2 is 2.06 bits per heavy atom. The minimum absolute atomic E-state index is 0.486. The molecule has 1 N–H and O–H groups in total. The standard InChI is InChI=1S/C14H18N2S/c1-9-6-7-10(2)13-12(9)16-14(17-13)11-5-3-4-8-15-11/h6-7,11,15H,3-5,8H2,1-2H3. The first kappa shape index (κ1) is 11.2. The largest absolute Gasteiger partial charge is 0.308 e. The molecule has 17 heavy (non-hydrogen) atoms. The highest BCUT2D eigenvalue weighted by Crippen LogP contribution is 2.33. The van der Waals surface area contributed by atoms with Crippen LogP contribution in [0.1, 0.15) is 41.4 Å². The quantitative estimate of drug-likeness (QED) is 0.829. The van der Waals surface area contributed by atoms with Crippen molar-refractivity contribution >= 4 is 21.6 Å². The summed E-state index contributed by atoms with van der Waals surface area (Å²) >= 11 is 1.87. The average Bonchev–Trinajstić information content (AvgIpc) is 2.81. The number of rotatable bonds is 1. The van der Waals surface area contributed by atoms with Crippen molar-refractivity contribution in [1.29, 1.82) is 0 Å². The predicted molar refractivity (Wildman–Crippen MR) is 73.7 cm³/mol. The maximum absolute atomic E-state index is 4.85. The van der Waals surface area contributed by atoms with Gasteiger partial charge in [0, 0.05) is 0 Å². The van der Waals surface area contributed by atoms with Crippen molar-refractivity contribution in [2.45, 2.75) is 39.2 Å². The molecule has 1 aromatic carbocycles. The van der Waals surface area contributed by atoms with Crippen molar-refractivity contribution in [1.82, 2.24) is 10.3 Å². The lowest BCUT2D eigenvalue weighted by Crippen LogP contribution is -2.26. The highest BCUT2D eigenvalue weighted by molar-refractivity contribution is 7.18. The molecule has 0 aliphatic carbocycles. The summed E-state index contributed by atoms with van der Waals surface area (Å²) in [6.07, 6.45) is 3.86. The molecule has 0 spiro atoms. The topological polar surface area (TPSA) is 24.9 Å². The van der Waals surface area contributed by atoms with E-state index in [-0.39, 0.29) is 0 Å². The molecule has 3 rings (SSSR count). The number of nitrogens with zero attached hydrogens (tertiary/aromatic N) is 1. The molecule has 1 unspecified atom stereocenters. The Balaban J connectivity index is 2.06. The summed E-state index contributed by atoms with van der Waals surface area (Å²) in [6, 6.07) is 4.86. The maximum atomic E-state index is 4.85. The van der Waals surface area contributed by atoms with E-state index in [1.807, 2.05) is 11.3 Å². The van der Waals surface area contributed by atoms with Crippen LogP contribution in [0.15, 0.2) is 12.1 Å². The molecule has 1 aromatic heterocycles. The van der Waals surface area contributed by atoms with Crippen molar-refractivity contribution < 1.29 is 0 Å². The van der Waals surface area contributed by atoms with Crippen LogP contribution in [0.5, 0.6) is 0 Å². The molecular formula is C14H18N2S. The molecule has 1 aliphatic heterocycles. The van der Waals surface area contributed by atoms with Crippen molar-refractivity contribution in [2.75, 3.05) is 6.54 Å². The van der Waals surface area contributed by atoms with Gasteiger partial charge in [-0.05, 0) is 44.4 Å². The van der Waals surface area contributed by atoms with Crippen molar-refractivity contribution in [3.05, 3.63) is 28.3 Å². The Morgan fingerprint density at radius 1 is 1.24 bits per heavy atom. The van der Waals surface area contributed by atoms with Gasteiger partial charge in [0.05, 0.1) is 16.3 Å². The van der Waals surface area contributed by atoms with Crippen LogP contribution in [0.3, 0.4) is 0 Å². The summed E-state index contributed by atoms with van der Waals surface area (Å²) in [5.41, 5.74) is 3.85. The van der Waals surface area contributed by atoms with E-state index in [0.717, 1.165) is 6.54 Å². The van der Waals surface area contributed by atoms with Gasteiger partial charge in [-0.3, -0.25) is 0 Å². The number of hydrogen-bond donors (Lipinski definition) is 1. The van der Waals surface area contributed by atoms with Gasteiger partial charge in [-0.25, -0.2) is 4.98 Å². The lowest BCUT2D eigenvalue weighted by molar-refractivity contribution is 0.411. The number of fused-ring (bicyclic) bond motifs is 1. The van der Waals surface area contributed by atoms with Crippen LogP contribution in [-0.2, 0) is 0 Å². The van der Waals surface area contributed by atoms with E-state index in [1.165, 1.54) is 45.6 Å². The van der Waals surface area contributed by atoms with E-state index >= 15 is 0 Å². The minimum atomic E-state index is 0.486. The second-order valence-electron chi connectivity index (χ2n) is 4.93. The number of piperidine rings is 1. The van der Waals surface area contributed by atoms with E-state index in [2.05, 4.69) is 31.3 Å². The third-order valence-corrected chi connectivity index (χ3v) is 4.87. The SMILES string of the molecule is Cc1ccc(C)c2sc(C3CCCCN3)nc12. The first-order valence-corrected chi connectivity index (χ1v) is 7.17. The molecule has 1 atom stereocenters. The molecule has 2 nitrogen and oxygen atoms in total. The Kier molecular flexibility index (Phi) is 2.89. The van der Waals surface area contributed by atoms with Gasteiger partial charge in [0.25, 0.3) is 0 Å². The normalized spacial score (nSPS) is 20.9. The summed E-state index contributed by atoms with van der Waals surface area (Å²) in [5, 5.41) is 4.86. The van der Waals surface area contributed by atoms with Gasteiger partial charge in [-0.15, -0.1) is 11.3 Å². The summed E-state index contributed by atoms with van der Waals surface area (Å²) in [6.45, 7) is 5.47. The molecule has 0 saturated carbocycles. The van der Waals surface area contributed by atoms with Crippen LogP contribution in [0.25, 0.3) is 10.2 Å². The third-order valence-electron chi connectivity index (χ3n) is 3.57. The zero-order chi connectivity index (χ0) is 11.8. The van der Waals surface area contributed by atoms with E-state index in [1.54, 1.807) is 0 Å². The fourth-order valence-electron chi connectivity index (χ4n) is 2.49. The molecule has 0 radical (unpaired) electrons. The van der Waals surface area contributed by atoms with Gasteiger partial charge < -0.3 is 5.32 Å². The highest BCUT2D eigenvalue weighted by Gasteiger charge is 2.19. The molecule has 0 bridgehead atoms. The first-order chi connectivity index (χ1) is 8.25. The van der Waals surface area contributed by atoms with Crippen LogP contribution in [0, 0.1) is 13.8 Å². The number of hydrogen-bond acceptors (Lipinski definition) is 3. The number of aromatic nitrogens is 1. The molecular weight excluding hydrogens is 228 g/mol. The fourth-order valence-corrected chi connectivity index (χ4v) is 3.71. The van der Waals surface area contributed by atoms with Crippen LogP contribution >= 0.6 is 11.3 Å². The van der Waals surface area contributed by atoms with Gasteiger partial charge in [-0.1, -0.05) is 18.6 Å². The zero-order valence-corrected chi connectivity index (χ0v) is 11.2. The van der Waals surface area contributed by atoms with Gasteiger partial charge in [0.15, 0.2) is 0 Å². The number of nitrogens with one attached hydrogen (secondary N) is 1. The van der Waals surface area contributed by atoms with Crippen LogP contribution in [0.4, 0.5) is 0 Å². The second-order valence-corrected chi connectivity index (χ2v) is 5.96. The van der Waals surface area contributed by atoms with E-state index in [9.17, 15) is 0 Å². The summed E-state index contributed by atoms with van der Waals surface area (Å²) in [5.74, 6) is 0. The average molecular weight is 246 g/mol. The summed E-state index contributed by atoms with van der Waals surface area (Å²) < 4.78 is 1.37. The lowest BCUT2D eigenvalue weighted by atomic mass is 10.1. The first-order valence-electron chi connectivity index (χ1n) is 6.36. The minimum Gasteiger partial charge on any atom is -0.308 e. The molecule has 2 heterocycles. The maximum Gasteiger partial charge on any atom is 0.111 e. The van der Waals surface area contributed by atoms with Gasteiger partial charge in [-0.2, -0.15) is 0 Å². The number of benzene rings is 1. The van der Waals surface area contributed by atoms with Crippen LogP contribution in [-0.4, -0.2) is 11.5 Å². The van der Waals surface area contributed by atoms with Crippen molar-refractivity contribution in [3.63, 3.8) is 0 Å². The second kappa shape index (κ2) is 4.39. The van der Waals surface area contributed by atoms with E-state index in [0.29, 0.717) is 6.04 Å². The van der Waals surface area contributed by atoms with Crippen LogP contribution < -0.4 is 5.32 Å². The van der Waals surface area contributed by atoms with E-state index < -0.39 is 0 Å². The number of thiazole rings is 1. The predicted octanol–water partition coefficient (Wildman–Crippen LogP) is 3.73. The van der Waals surface area contributed by atoms with Crippen molar-refractivity contribution in [3.8, 4) is 0 Å². The fraction of sp³-hybridized carbons (Fsp3) is 0.500. The highest BCUT2D eigenvalue weighted by atomic mass is 32.1. The molecule has 1 aliphatic rings. The Hall–Kier alpha value is -0.930. The molecule has 2 aromatic rings. The lowest BCUT2D eigenvalue weighted by Gasteiger charge is -2.21. The smallest absolute Gasteiger partial charge is 0.111 e. The molecule has 0 amide bonds. The monoisotopic (exact) mass is 246 g/mol. The summed E-state index contributed by atoms with van der Waals surface area (Å²) in [4.78, 5) is 4.85. The van der Waals surface area contributed by atoms with Gasteiger partial charge >= 0.3 is 0 Å². The Morgan fingerprint density at radius 3 is 2.76 bits per heavy atom. The van der Waals surface area contributed by atoms with Crippen molar-refractivity contribution in [2.24, 2.45) is 0 Å². The molecule has 90 valence electrons.